The van der Waals surface area contributed by atoms with Gasteiger partial charge in [-0.1, -0.05) is 6.07 Å². The maximum Gasteiger partial charge on any atom is 0.229 e. The Morgan fingerprint density at radius 1 is 0.914 bits per heavy atom. The zero-order valence-electron chi connectivity index (χ0n) is 19.8. The molecule has 180 valence electrons. The number of benzene rings is 1. The summed E-state index contributed by atoms with van der Waals surface area (Å²) < 4.78 is 0. The van der Waals surface area contributed by atoms with Gasteiger partial charge in [0.2, 0.25) is 5.95 Å². The van der Waals surface area contributed by atoms with Crippen molar-refractivity contribution in [1.29, 1.82) is 0 Å². The fraction of sp³-hybridized carbons (Fsp3) is 0.385. The van der Waals surface area contributed by atoms with Crippen LogP contribution in [0.15, 0.2) is 48.9 Å². The summed E-state index contributed by atoms with van der Waals surface area (Å²) >= 11 is 0. The summed E-state index contributed by atoms with van der Waals surface area (Å²) in [5.41, 5.74) is 11.4. The van der Waals surface area contributed by atoms with E-state index < -0.39 is 0 Å². The normalized spacial score (nSPS) is 17.2. The largest absolute Gasteiger partial charge is 0.371 e. The lowest BCUT2D eigenvalue weighted by Gasteiger charge is -2.31. The van der Waals surface area contributed by atoms with E-state index in [1.165, 1.54) is 24.9 Å². The molecule has 0 radical (unpaired) electrons. The third-order valence-electron chi connectivity index (χ3n) is 6.99. The molecule has 2 aliphatic heterocycles. The molecule has 0 bridgehead atoms. The molecule has 35 heavy (non-hydrogen) atoms. The van der Waals surface area contributed by atoms with Crippen LogP contribution in [0.25, 0.3) is 22.4 Å². The van der Waals surface area contributed by atoms with Gasteiger partial charge in [0.05, 0.1) is 6.33 Å². The molecule has 4 N–H and O–H groups in total. The molecular formula is C26H31N9. The first-order valence-corrected chi connectivity index (χ1v) is 12.5. The summed E-state index contributed by atoms with van der Waals surface area (Å²) in [7, 11) is 0. The Bertz CT molecular complexity index is 1290. The monoisotopic (exact) mass is 469 g/mol. The Morgan fingerprint density at radius 3 is 2.57 bits per heavy atom. The topological polar surface area (TPSA) is 112 Å². The van der Waals surface area contributed by atoms with Gasteiger partial charge in [-0.15, -0.1) is 0 Å². The second-order valence-corrected chi connectivity index (χ2v) is 9.45. The molecule has 9 nitrogen and oxygen atoms in total. The zero-order chi connectivity index (χ0) is 23.6. The van der Waals surface area contributed by atoms with Crippen molar-refractivity contribution in [3.05, 3.63) is 48.9 Å². The van der Waals surface area contributed by atoms with Crippen LogP contribution in [0.2, 0.25) is 0 Å². The summed E-state index contributed by atoms with van der Waals surface area (Å²) in [5.74, 6) is 1.49. The summed E-state index contributed by atoms with van der Waals surface area (Å²) in [4.78, 5) is 26.6. The molecule has 0 saturated carbocycles. The first-order chi connectivity index (χ1) is 17.2. The van der Waals surface area contributed by atoms with Crippen molar-refractivity contribution in [2.75, 3.05) is 41.3 Å². The average molecular weight is 470 g/mol. The number of nitrogens with two attached hydrogens (primary N) is 1. The minimum Gasteiger partial charge on any atom is -0.371 e. The van der Waals surface area contributed by atoms with E-state index in [-0.39, 0.29) is 0 Å². The smallest absolute Gasteiger partial charge is 0.229 e. The number of fused-ring (bicyclic) bond motifs is 1. The van der Waals surface area contributed by atoms with Gasteiger partial charge in [0.15, 0.2) is 5.65 Å². The molecule has 0 amide bonds. The van der Waals surface area contributed by atoms with Crippen molar-refractivity contribution in [1.82, 2.24) is 24.9 Å². The van der Waals surface area contributed by atoms with E-state index in [1.807, 2.05) is 12.3 Å². The van der Waals surface area contributed by atoms with Crippen molar-refractivity contribution >= 4 is 34.3 Å². The number of nitrogens with one attached hydrogen (secondary N) is 2. The number of anilines is 4. The van der Waals surface area contributed by atoms with Crippen molar-refractivity contribution in [3.63, 3.8) is 0 Å². The Labute approximate surface area is 204 Å². The van der Waals surface area contributed by atoms with Crippen LogP contribution < -0.4 is 20.9 Å². The molecule has 0 unspecified atom stereocenters. The number of aromatic amines is 1. The number of piperidine rings is 2. The fourth-order valence-corrected chi connectivity index (χ4v) is 5.00. The summed E-state index contributed by atoms with van der Waals surface area (Å²) in [6.07, 6.45) is 9.35. The fourth-order valence-electron chi connectivity index (χ4n) is 5.00. The number of H-pyrrole nitrogens is 1. The Hall–Kier alpha value is -3.72. The molecule has 2 saturated heterocycles. The van der Waals surface area contributed by atoms with Crippen molar-refractivity contribution in [2.45, 2.75) is 38.1 Å². The Morgan fingerprint density at radius 2 is 1.77 bits per heavy atom. The van der Waals surface area contributed by atoms with Crippen LogP contribution in [0.5, 0.6) is 0 Å². The number of aromatic nitrogens is 5. The predicted octanol–water partition coefficient (Wildman–Crippen LogP) is 4.08. The quantitative estimate of drug-likeness (QED) is 0.401. The lowest BCUT2D eigenvalue weighted by molar-refractivity contribution is 0.498. The van der Waals surface area contributed by atoms with Gasteiger partial charge in [-0.2, -0.15) is 4.98 Å². The predicted molar refractivity (Wildman–Crippen MR) is 140 cm³/mol. The molecule has 3 aromatic heterocycles. The summed E-state index contributed by atoms with van der Waals surface area (Å²) in [6.45, 7) is 4.10. The standard InChI is InChI=1S/C26H31N9/c27-19-9-13-35(14-10-19)22-8-7-18(16-28-22)23-24-25(30-17-29-24)33-26(32-23)31-20-5-4-6-21(15-20)34-11-2-1-3-12-34/h4-8,15-17,19H,1-3,9-14,27H2,(H2,29,30,31,32,33). The van der Waals surface area contributed by atoms with Gasteiger partial charge in [0, 0.05) is 55.4 Å². The number of hydrogen-bond donors (Lipinski definition) is 3. The number of hydrogen-bond acceptors (Lipinski definition) is 8. The molecule has 0 aliphatic carbocycles. The molecule has 0 spiro atoms. The third kappa shape index (κ3) is 4.64. The highest BCUT2D eigenvalue weighted by atomic mass is 15.2. The van der Waals surface area contributed by atoms with Gasteiger partial charge in [-0.05, 0) is 62.4 Å². The number of pyridine rings is 1. The highest BCUT2D eigenvalue weighted by Gasteiger charge is 2.18. The van der Waals surface area contributed by atoms with Gasteiger partial charge in [-0.25, -0.2) is 15.0 Å². The van der Waals surface area contributed by atoms with Crippen LogP contribution in [-0.4, -0.2) is 57.1 Å². The van der Waals surface area contributed by atoms with Gasteiger partial charge >= 0.3 is 0 Å². The van der Waals surface area contributed by atoms with Crippen LogP contribution in [0.4, 0.5) is 23.1 Å². The molecule has 9 heteroatoms. The van der Waals surface area contributed by atoms with Gasteiger partial charge < -0.3 is 25.8 Å². The van der Waals surface area contributed by atoms with Gasteiger partial charge in [0.1, 0.15) is 17.0 Å². The van der Waals surface area contributed by atoms with Gasteiger partial charge in [0.25, 0.3) is 0 Å². The molecular weight excluding hydrogens is 438 g/mol. The maximum atomic E-state index is 6.05. The minimum atomic E-state index is 0.298. The van der Waals surface area contributed by atoms with Crippen LogP contribution in [0.3, 0.4) is 0 Å². The number of rotatable bonds is 5. The third-order valence-corrected chi connectivity index (χ3v) is 6.99. The molecule has 1 aromatic carbocycles. The summed E-state index contributed by atoms with van der Waals surface area (Å²) in [6, 6.07) is 12.9. The minimum absolute atomic E-state index is 0.298. The SMILES string of the molecule is NC1CCN(c2ccc(-c3nc(Nc4cccc(N5CCCCC5)c4)nc4nc[nH]c34)cn2)CC1. The Kier molecular flexibility index (Phi) is 5.91. The van der Waals surface area contributed by atoms with E-state index in [2.05, 4.69) is 60.4 Å². The second kappa shape index (κ2) is 9.50. The van der Waals surface area contributed by atoms with Crippen LogP contribution in [0.1, 0.15) is 32.1 Å². The number of nitrogens with zero attached hydrogens (tertiary/aromatic N) is 6. The first kappa shape index (κ1) is 21.8. The van der Waals surface area contributed by atoms with Crippen LogP contribution >= 0.6 is 0 Å². The zero-order valence-corrected chi connectivity index (χ0v) is 19.8. The lowest BCUT2D eigenvalue weighted by Crippen LogP contribution is -2.40. The van der Waals surface area contributed by atoms with E-state index in [9.17, 15) is 0 Å². The van der Waals surface area contributed by atoms with E-state index >= 15 is 0 Å². The van der Waals surface area contributed by atoms with Crippen LogP contribution in [0, 0.1) is 0 Å². The number of imidazole rings is 1. The molecule has 4 aromatic rings. The molecule has 5 heterocycles. The van der Waals surface area contributed by atoms with Crippen molar-refractivity contribution < 1.29 is 0 Å². The lowest BCUT2D eigenvalue weighted by atomic mass is 10.1. The van der Waals surface area contributed by atoms with E-state index in [0.29, 0.717) is 17.6 Å². The van der Waals surface area contributed by atoms with Crippen molar-refractivity contribution in [3.8, 4) is 11.3 Å². The molecule has 2 fully saturated rings. The molecule has 0 atom stereocenters. The second-order valence-electron chi connectivity index (χ2n) is 9.45. The molecule has 6 rings (SSSR count). The Balaban J connectivity index is 1.27. The van der Waals surface area contributed by atoms with E-state index in [4.69, 9.17) is 15.7 Å². The van der Waals surface area contributed by atoms with E-state index in [1.54, 1.807) is 6.33 Å². The van der Waals surface area contributed by atoms with Crippen molar-refractivity contribution in [2.24, 2.45) is 5.73 Å². The highest BCUT2D eigenvalue weighted by molar-refractivity contribution is 5.88. The average Bonchev–Trinajstić information content (AvgIpc) is 3.38. The maximum absolute atomic E-state index is 6.05. The highest BCUT2D eigenvalue weighted by Crippen LogP contribution is 2.29. The molecule has 2 aliphatic rings. The van der Waals surface area contributed by atoms with E-state index in [0.717, 1.165) is 67.3 Å². The van der Waals surface area contributed by atoms with Gasteiger partial charge in [-0.3, -0.25) is 0 Å². The first-order valence-electron chi connectivity index (χ1n) is 12.5. The van der Waals surface area contributed by atoms with Crippen LogP contribution in [-0.2, 0) is 0 Å². The summed E-state index contributed by atoms with van der Waals surface area (Å²) in [5, 5.41) is 3.40.